The first-order valence-electron chi connectivity index (χ1n) is 8.98. The lowest BCUT2D eigenvalue weighted by atomic mass is 10.1. The van der Waals surface area contributed by atoms with E-state index >= 15 is 0 Å². The van der Waals surface area contributed by atoms with Gasteiger partial charge < -0.3 is 11.5 Å². The van der Waals surface area contributed by atoms with Gasteiger partial charge in [0.2, 0.25) is 15.9 Å². The molecule has 0 radical (unpaired) electrons. The first kappa shape index (κ1) is 20.7. The molecule has 1 heterocycles. The summed E-state index contributed by atoms with van der Waals surface area (Å²) in [5.41, 5.74) is 13.5. The molecule has 0 aliphatic rings. The number of hydrogen-bond acceptors (Lipinski definition) is 5. The van der Waals surface area contributed by atoms with Gasteiger partial charge in [-0.3, -0.25) is 9.78 Å². The van der Waals surface area contributed by atoms with Crippen molar-refractivity contribution in [2.75, 3.05) is 0 Å². The van der Waals surface area contributed by atoms with Gasteiger partial charge in [0.15, 0.2) is 0 Å². The number of hydrogen-bond donors (Lipinski definition) is 2. The average molecular weight is 410 g/mol. The van der Waals surface area contributed by atoms with Crippen molar-refractivity contribution in [2.45, 2.75) is 24.5 Å². The number of benzene rings is 2. The third-order valence-electron chi connectivity index (χ3n) is 4.46. The summed E-state index contributed by atoms with van der Waals surface area (Å²) < 4.78 is 28.0. The quantitative estimate of drug-likeness (QED) is 0.589. The van der Waals surface area contributed by atoms with Crippen LogP contribution in [0.15, 0.2) is 77.8 Å². The molecule has 0 bridgehead atoms. The monoisotopic (exact) mass is 410 g/mol. The van der Waals surface area contributed by atoms with Gasteiger partial charge in [0.1, 0.15) is 0 Å². The van der Waals surface area contributed by atoms with Gasteiger partial charge in [0.25, 0.3) is 0 Å². The SMILES string of the molecule is NCc1ccc(S(=O)(=O)N(Cc2ccc(C(N)=O)cc2)Cc2ccccn2)cc1. The molecule has 7 nitrogen and oxygen atoms in total. The van der Waals surface area contributed by atoms with Crippen LogP contribution >= 0.6 is 0 Å². The molecule has 0 spiro atoms. The van der Waals surface area contributed by atoms with Crippen molar-refractivity contribution in [3.63, 3.8) is 0 Å². The van der Waals surface area contributed by atoms with Gasteiger partial charge in [-0.1, -0.05) is 30.3 Å². The normalized spacial score (nSPS) is 11.5. The summed E-state index contributed by atoms with van der Waals surface area (Å²) in [6.07, 6.45) is 1.62. The molecule has 4 N–H and O–H groups in total. The molecule has 8 heteroatoms. The minimum atomic E-state index is -3.79. The Morgan fingerprint density at radius 3 is 2.10 bits per heavy atom. The van der Waals surface area contributed by atoms with Gasteiger partial charge in [0, 0.05) is 24.8 Å². The van der Waals surface area contributed by atoms with E-state index in [4.69, 9.17) is 11.5 Å². The van der Waals surface area contributed by atoms with Crippen LogP contribution in [0.5, 0.6) is 0 Å². The van der Waals surface area contributed by atoms with Crippen LogP contribution in [0.2, 0.25) is 0 Å². The predicted octanol–water partition coefficient (Wildman–Crippen LogP) is 2.03. The molecule has 29 heavy (non-hydrogen) atoms. The molecule has 0 aliphatic carbocycles. The van der Waals surface area contributed by atoms with Crippen LogP contribution in [0, 0.1) is 0 Å². The molecule has 0 saturated heterocycles. The van der Waals surface area contributed by atoms with E-state index in [2.05, 4.69) is 4.98 Å². The molecule has 1 amide bonds. The summed E-state index contributed by atoms with van der Waals surface area (Å²) in [6, 6.07) is 18.4. The number of nitrogens with zero attached hydrogens (tertiary/aromatic N) is 2. The number of rotatable bonds is 8. The standard InChI is InChI=1S/C21H22N4O3S/c22-13-16-6-10-20(11-7-16)29(27,28)25(15-19-3-1-2-12-24-19)14-17-4-8-18(9-5-17)21(23)26/h1-12H,13-15,22H2,(H2,23,26). The summed E-state index contributed by atoms with van der Waals surface area (Å²) in [6.45, 7) is 0.570. The third-order valence-corrected chi connectivity index (χ3v) is 6.26. The Labute approximate surface area is 170 Å². The molecule has 0 fully saturated rings. The van der Waals surface area contributed by atoms with Crippen LogP contribution < -0.4 is 11.5 Å². The number of nitrogens with two attached hydrogens (primary N) is 2. The van der Waals surface area contributed by atoms with Gasteiger partial charge in [-0.2, -0.15) is 4.31 Å². The van der Waals surface area contributed by atoms with Crippen molar-refractivity contribution < 1.29 is 13.2 Å². The van der Waals surface area contributed by atoms with Crippen molar-refractivity contribution in [1.29, 1.82) is 0 Å². The molecule has 2 aromatic carbocycles. The minimum Gasteiger partial charge on any atom is -0.366 e. The second-order valence-corrected chi connectivity index (χ2v) is 8.44. The summed E-state index contributed by atoms with van der Waals surface area (Å²) in [4.78, 5) is 15.7. The highest BCUT2D eigenvalue weighted by molar-refractivity contribution is 7.89. The van der Waals surface area contributed by atoms with E-state index < -0.39 is 15.9 Å². The van der Waals surface area contributed by atoms with Crippen LogP contribution in [0.1, 0.15) is 27.2 Å². The molecule has 3 rings (SSSR count). The summed E-state index contributed by atoms with van der Waals surface area (Å²) in [5.74, 6) is -0.533. The Bertz CT molecular complexity index is 1070. The topological polar surface area (TPSA) is 119 Å². The Balaban J connectivity index is 1.93. The van der Waals surface area contributed by atoms with E-state index in [1.165, 1.54) is 4.31 Å². The maximum Gasteiger partial charge on any atom is 0.248 e. The average Bonchev–Trinajstić information content (AvgIpc) is 2.74. The van der Waals surface area contributed by atoms with Gasteiger partial charge in [-0.25, -0.2) is 8.42 Å². The van der Waals surface area contributed by atoms with E-state index in [0.29, 0.717) is 17.8 Å². The van der Waals surface area contributed by atoms with Crippen LogP contribution in [0.4, 0.5) is 0 Å². The summed E-state index contributed by atoms with van der Waals surface area (Å²) >= 11 is 0. The largest absolute Gasteiger partial charge is 0.366 e. The molecule has 0 atom stereocenters. The minimum absolute atomic E-state index is 0.111. The zero-order chi connectivity index (χ0) is 20.9. The Kier molecular flexibility index (Phi) is 6.38. The lowest BCUT2D eigenvalue weighted by Gasteiger charge is -2.22. The van der Waals surface area contributed by atoms with Crippen LogP contribution in [-0.2, 0) is 29.7 Å². The number of primary amides is 1. The highest BCUT2D eigenvalue weighted by atomic mass is 32.2. The van der Waals surface area contributed by atoms with Gasteiger partial charge in [-0.15, -0.1) is 0 Å². The molecule has 0 aliphatic heterocycles. The van der Waals surface area contributed by atoms with Crippen LogP contribution in [0.25, 0.3) is 0 Å². The Hall–Kier alpha value is -3.07. The summed E-state index contributed by atoms with van der Waals surface area (Å²) in [7, 11) is -3.79. The van der Waals surface area contributed by atoms with Crippen molar-refractivity contribution in [1.82, 2.24) is 9.29 Å². The summed E-state index contributed by atoms with van der Waals surface area (Å²) in [5, 5.41) is 0. The number of amides is 1. The number of aromatic nitrogens is 1. The fourth-order valence-corrected chi connectivity index (χ4v) is 4.22. The van der Waals surface area contributed by atoms with Gasteiger partial charge in [0.05, 0.1) is 17.1 Å². The Morgan fingerprint density at radius 2 is 1.55 bits per heavy atom. The van der Waals surface area contributed by atoms with E-state index in [1.807, 2.05) is 6.07 Å². The van der Waals surface area contributed by atoms with E-state index in [1.54, 1.807) is 66.9 Å². The molecular weight excluding hydrogens is 388 g/mol. The number of pyridine rings is 1. The third kappa shape index (κ3) is 5.05. The lowest BCUT2D eigenvalue weighted by Crippen LogP contribution is -2.30. The van der Waals surface area contributed by atoms with Crippen molar-refractivity contribution in [3.8, 4) is 0 Å². The van der Waals surface area contributed by atoms with Crippen molar-refractivity contribution in [2.24, 2.45) is 11.5 Å². The highest BCUT2D eigenvalue weighted by Gasteiger charge is 2.25. The first-order valence-corrected chi connectivity index (χ1v) is 10.4. The second kappa shape index (κ2) is 8.95. The molecule has 150 valence electrons. The number of carbonyl (C=O) groups is 1. The smallest absolute Gasteiger partial charge is 0.248 e. The van der Waals surface area contributed by atoms with E-state index in [-0.39, 0.29) is 18.0 Å². The van der Waals surface area contributed by atoms with Crippen LogP contribution in [-0.4, -0.2) is 23.6 Å². The second-order valence-electron chi connectivity index (χ2n) is 6.50. The number of sulfonamides is 1. The van der Waals surface area contributed by atoms with Crippen LogP contribution in [0.3, 0.4) is 0 Å². The fraction of sp³-hybridized carbons (Fsp3) is 0.143. The van der Waals surface area contributed by atoms with E-state index in [9.17, 15) is 13.2 Å². The molecular formula is C21H22N4O3S. The van der Waals surface area contributed by atoms with Gasteiger partial charge in [-0.05, 0) is 47.5 Å². The molecule has 1 aromatic heterocycles. The fourth-order valence-electron chi connectivity index (χ4n) is 2.82. The van der Waals surface area contributed by atoms with Crippen molar-refractivity contribution in [3.05, 3.63) is 95.3 Å². The maximum absolute atomic E-state index is 13.3. The van der Waals surface area contributed by atoms with Crippen molar-refractivity contribution >= 4 is 15.9 Å². The van der Waals surface area contributed by atoms with Gasteiger partial charge >= 0.3 is 0 Å². The Morgan fingerprint density at radius 1 is 0.897 bits per heavy atom. The molecule has 0 unspecified atom stereocenters. The molecule has 0 saturated carbocycles. The predicted molar refractivity (Wildman–Crippen MR) is 110 cm³/mol. The maximum atomic E-state index is 13.3. The zero-order valence-corrected chi connectivity index (χ0v) is 16.5. The zero-order valence-electron chi connectivity index (χ0n) is 15.7. The highest BCUT2D eigenvalue weighted by Crippen LogP contribution is 2.21. The first-order chi connectivity index (χ1) is 13.9. The lowest BCUT2D eigenvalue weighted by molar-refractivity contribution is 0.1000. The molecule has 3 aromatic rings. The van der Waals surface area contributed by atoms with E-state index in [0.717, 1.165) is 11.1 Å². The number of carbonyl (C=O) groups excluding carboxylic acids is 1.